The third-order valence-electron chi connectivity index (χ3n) is 7.48. The first kappa shape index (κ1) is 24.4. The van der Waals surface area contributed by atoms with Gasteiger partial charge in [-0.2, -0.15) is 0 Å². The van der Waals surface area contributed by atoms with Gasteiger partial charge in [0.05, 0.1) is 5.69 Å². The molecule has 0 atom stereocenters. The molecule has 6 rings (SSSR count). The van der Waals surface area contributed by atoms with Crippen molar-refractivity contribution in [2.75, 3.05) is 0 Å². The zero-order chi connectivity index (χ0) is 26.8. The van der Waals surface area contributed by atoms with Gasteiger partial charge in [0.15, 0.2) is 0 Å². The molecule has 190 valence electrons. The smallest absolute Gasteiger partial charge is 0.144 e. The molecule has 38 heavy (non-hydrogen) atoms. The normalized spacial score (nSPS) is 12.6. The number of furan rings is 1. The zero-order valence-corrected chi connectivity index (χ0v) is 22.8. The van der Waals surface area contributed by atoms with Gasteiger partial charge in [0, 0.05) is 27.9 Å². The van der Waals surface area contributed by atoms with Gasteiger partial charge in [-0.05, 0) is 74.9 Å². The van der Waals surface area contributed by atoms with Crippen LogP contribution in [0.5, 0.6) is 0 Å². The Labute approximate surface area is 223 Å². The molecular formula is C35H32FNO. The number of para-hydroxylation sites is 1. The summed E-state index contributed by atoms with van der Waals surface area (Å²) in [6.07, 6.45) is 1.88. The molecule has 2 heterocycles. The number of pyridine rings is 1. The highest BCUT2D eigenvalue weighted by atomic mass is 19.1. The van der Waals surface area contributed by atoms with Gasteiger partial charge in [-0.1, -0.05) is 84.0 Å². The molecule has 0 radical (unpaired) electrons. The molecule has 0 N–H and O–H groups in total. The van der Waals surface area contributed by atoms with Gasteiger partial charge in [0.1, 0.15) is 17.0 Å². The third kappa shape index (κ3) is 4.07. The number of hydrogen-bond donors (Lipinski definition) is 0. The van der Waals surface area contributed by atoms with Crippen molar-refractivity contribution >= 4 is 32.7 Å². The van der Waals surface area contributed by atoms with E-state index in [4.69, 9.17) is 9.40 Å². The molecule has 6 aromatic rings. The maximum absolute atomic E-state index is 14.1. The highest BCUT2D eigenvalue weighted by Gasteiger charge is 2.23. The maximum atomic E-state index is 14.1. The topological polar surface area (TPSA) is 26.0 Å². The van der Waals surface area contributed by atoms with Crippen LogP contribution in [-0.4, -0.2) is 4.98 Å². The van der Waals surface area contributed by atoms with Crippen molar-refractivity contribution in [1.29, 1.82) is 0 Å². The van der Waals surface area contributed by atoms with Crippen LogP contribution < -0.4 is 0 Å². The average molecular weight is 502 g/mol. The Morgan fingerprint density at radius 3 is 2.18 bits per heavy atom. The summed E-state index contributed by atoms with van der Waals surface area (Å²) in [5.74, 6) is -0.271. The Hall–Kier alpha value is -3.98. The summed E-state index contributed by atoms with van der Waals surface area (Å²) < 4.78 is 20.6. The second kappa shape index (κ2) is 8.52. The molecule has 0 fully saturated rings. The van der Waals surface area contributed by atoms with E-state index in [9.17, 15) is 4.39 Å². The van der Waals surface area contributed by atoms with Crippen LogP contribution in [0.1, 0.15) is 52.7 Å². The van der Waals surface area contributed by atoms with Gasteiger partial charge in [-0.3, -0.25) is 4.98 Å². The monoisotopic (exact) mass is 501 g/mol. The summed E-state index contributed by atoms with van der Waals surface area (Å²) >= 11 is 0. The Bertz CT molecular complexity index is 1850. The lowest BCUT2D eigenvalue weighted by Gasteiger charge is -2.27. The van der Waals surface area contributed by atoms with Gasteiger partial charge >= 0.3 is 0 Å². The van der Waals surface area contributed by atoms with E-state index in [1.807, 2.05) is 24.4 Å². The summed E-state index contributed by atoms with van der Waals surface area (Å²) in [5.41, 5.74) is 8.29. The lowest BCUT2D eigenvalue weighted by Crippen LogP contribution is -2.17. The summed E-state index contributed by atoms with van der Waals surface area (Å²) in [6.45, 7) is 13.6. The van der Waals surface area contributed by atoms with E-state index in [0.717, 1.165) is 43.9 Å². The first-order valence-corrected chi connectivity index (χ1v) is 13.2. The lowest BCUT2D eigenvalue weighted by atomic mass is 9.77. The molecule has 0 spiro atoms. The van der Waals surface area contributed by atoms with E-state index in [2.05, 4.69) is 84.0 Å². The molecule has 2 aromatic heterocycles. The maximum Gasteiger partial charge on any atom is 0.144 e. The summed E-state index contributed by atoms with van der Waals surface area (Å²) in [7, 11) is 0. The van der Waals surface area contributed by atoms with E-state index >= 15 is 0 Å². The van der Waals surface area contributed by atoms with Gasteiger partial charge < -0.3 is 4.42 Å². The molecule has 0 saturated carbocycles. The summed E-state index contributed by atoms with van der Waals surface area (Å²) in [4.78, 5) is 4.76. The minimum Gasteiger partial charge on any atom is -0.455 e. The van der Waals surface area contributed by atoms with Crippen molar-refractivity contribution in [1.82, 2.24) is 4.98 Å². The first-order valence-electron chi connectivity index (χ1n) is 13.2. The van der Waals surface area contributed by atoms with Gasteiger partial charge in [0.2, 0.25) is 0 Å². The van der Waals surface area contributed by atoms with Crippen molar-refractivity contribution in [3.63, 3.8) is 0 Å². The van der Waals surface area contributed by atoms with Crippen molar-refractivity contribution in [2.45, 2.75) is 52.4 Å². The summed E-state index contributed by atoms with van der Waals surface area (Å²) in [6, 6.07) is 26.1. The Kier molecular flexibility index (Phi) is 5.47. The quantitative estimate of drug-likeness (QED) is 0.236. The first-order chi connectivity index (χ1) is 18.0. The van der Waals surface area contributed by atoms with Crippen LogP contribution in [0.25, 0.3) is 55.1 Å². The SMILES string of the molecule is CC(C)(C)c1ccc(-c2ccnc(-c3cccc4c3oc3c5cc(F)ccc5ccc43)c2)c(C(C)(C)C)c1. The van der Waals surface area contributed by atoms with E-state index in [1.54, 1.807) is 12.1 Å². The second-order valence-corrected chi connectivity index (χ2v) is 12.3. The van der Waals surface area contributed by atoms with Crippen LogP contribution in [0.15, 0.2) is 89.5 Å². The third-order valence-corrected chi connectivity index (χ3v) is 7.48. The number of benzene rings is 4. The molecule has 4 aromatic carbocycles. The molecule has 0 saturated heterocycles. The molecule has 0 unspecified atom stereocenters. The predicted molar refractivity (Wildman–Crippen MR) is 157 cm³/mol. The predicted octanol–water partition coefficient (Wildman–Crippen LogP) is 10.2. The fourth-order valence-corrected chi connectivity index (χ4v) is 5.38. The van der Waals surface area contributed by atoms with Crippen molar-refractivity contribution in [2.24, 2.45) is 0 Å². The van der Waals surface area contributed by atoms with Crippen LogP contribution in [0.3, 0.4) is 0 Å². The zero-order valence-electron chi connectivity index (χ0n) is 22.8. The van der Waals surface area contributed by atoms with Crippen LogP contribution in [0.4, 0.5) is 4.39 Å². The van der Waals surface area contributed by atoms with E-state index in [1.165, 1.54) is 22.8 Å². The van der Waals surface area contributed by atoms with Crippen molar-refractivity contribution in [3.05, 3.63) is 102 Å². The van der Waals surface area contributed by atoms with Gasteiger partial charge in [-0.25, -0.2) is 4.39 Å². The molecule has 0 aliphatic carbocycles. The van der Waals surface area contributed by atoms with Crippen LogP contribution in [0, 0.1) is 5.82 Å². The number of halogens is 1. The van der Waals surface area contributed by atoms with E-state index < -0.39 is 0 Å². The fourth-order valence-electron chi connectivity index (χ4n) is 5.38. The number of hydrogen-bond acceptors (Lipinski definition) is 2. The van der Waals surface area contributed by atoms with Crippen LogP contribution >= 0.6 is 0 Å². The highest BCUT2D eigenvalue weighted by molar-refractivity contribution is 6.17. The number of rotatable bonds is 2. The fraction of sp³-hybridized carbons (Fsp3) is 0.229. The van der Waals surface area contributed by atoms with Crippen LogP contribution in [-0.2, 0) is 10.8 Å². The molecule has 3 heteroatoms. The van der Waals surface area contributed by atoms with E-state index in [-0.39, 0.29) is 16.6 Å². The van der Waals surface area contributed by atoms with Gasteiger partial charge in [0.25, 0.3) is 0 Å². The average Bonchev–Trinajstić information content (AvgIpc) is 3.27. The number of nitrogens with zero attached hydrogens (tertiary/aromatic N) is 1. The largest absolute Gasteiger partial charge is 0.455 e. The highest BCUT2D eigenvalue weighted by Crippen LogP contribution is 2.41. The standard InChI is InChI=1S/C35H32FNO/c1-34(2,3)23-12-15-25(30(19-23)35(4,5)6)22-16-17-37-31(18-22)28-9-7-8-26-27-14-11-21-10-13-24(36)20-29(21)33(27)38-32(26)28/h7-20H,1-6H3. The summed E-state index contributed by atoms with van der Waals surface area (Å²) in [5, 5.41) is 3.71. The van der Waals surface area contributed by atoms with Gasteiger partial charge in [-0.15, -0.1) is 0 Å². The Morgan fingerprint density at radius 2 is 1.42 bits per heavy atom. The minimum atomic E-state index is -0.271. The molecule has 0 bridgehead atoms. The molecular weight excluding hydrogens is 469 g/mol. The molecule has 0 amide bonds. The Morgan fingerprint density at radius 1 is 0.658 bits per heavy atom. The number of aromatic nitrogens is 1. The molecule has 0 aliphatic rings. The molecule has 0 aliphatic heterocycles. The Balaban J connectivity index is 1.55. The van der Waals surface area contributed by atoms with Crippen molar-refractivity contribution in [3.8, 4) is 22.4 Å². The minimum absolute atomic E-state index is 0.0187. The molecule has 2 nitrogen and oxygen atoms in total. The van der Waals surface area contributed by atoms with Crippen LogP contribution in [0.2, 0.25) is 0 Å². The lowest BCUT2D eigenvalue weighted by molar-refractivity contribution is 0.570. The second-order valence-electron chi connectivity index (χ2n) is 12.3. The van der Waals surface area contributed by atoms with Crippen molar-refractivity contribution < 1.29 is 8.81 Å². The van der Waals surface area contributed by atoms with E-state index in [0.29, 0.717) is 5.58 Å². The number of fused-ring (bicyclic) bond motifs is 5.